The highest BCUT2D eigenvalue weighted by atomic mass is 16.5. The third-order valence-electron chi connectivity index (χ3n) is 6.52. The summed E-state index contributed by atoms with van der Waals surface area (Å²) in [6.45, 7) is 6.28. The van der Waals surface area contributed by atoms with Crippen molar-refractivity contribution in [2.24, 2.45) is 11.3 Å². The van der Waals surface area contributed by atoms with Gasteiger partial charge in [-0.1, -0.05) is 0 Å². The van der Waals surface area contributed by atoms with Crippen LogP contribution in [0.25, 0.3) is 0 Å². The number of aryl methyl sites for hydroxylation is 1. The monoisotopic (exact) mass is 405 g/mol. The van der Waals surface area contributed by atoms with E-state index in [1.54, 1.807) is 4.68 Å². The summed E-state index contributed by atoms with van der Waals surface area (Å²) in [7, 11) is 0. The number of esters is 1. The summed E-state index contributed by atoms with van der Waals surface area (Å²) in [5, 5.41) is 7.82. The van der Waals surface area contributed by atoms with E-state index >= 15 is 0 Å². The maximum Gasteiger partial charge on any atom is 0.309 e. The number of amides is 1. The zero-order valence-electron chi connectivity index (χ0n) is 17.2. The first-order valence-electron chi connectivity index (χ1n) is 10.8. The van der Waals surface area contributed by atoms with E-state index in [1.807, 2.05) is 6.92 Å². The minimum Gasteiger partial charge on any atom is -0.465 e. The molecule has 0 atom stereocenters. The Hall–Kier alpha value is -1.93. The number of fused-ring (bicyclic) bond motifs is 1. The molecular weight excluding hydrogens is 374 g/mol. The highest BCUT2D eigenvalue weighted by molar-refractivity contribution is 5.94. The van der Waals surface area contributed by atoms with Gasteiger partial charge in [-0.25, -0.2) is 0 Å². The van der Waals surface area contributed by atoms with Crippen molar-refractivity contribution in [1.82, 2.24) is 15.1 Å². The van der Waals surface area contributed by atoms with E-state index in [0.717, 1.165) is 56.6 Å². The molecule has 0 bridgehead atoms. The Labute approximate surface area is 171 Å². The van der Waals surface area contributed by atoms with Gasteiger partial charge in [0, 0.05) is 51.5 Å². The van der Waals surface area contributed by atoms with Gasteiger partial charge in [0.15, 0.2) is 0 Å². The first-order valence-corrected chi connectivity index (χ1v) is 10.8. The molecular formula is C21H31N3O5. The van der Waals surface area contributed by atoms with Gasteiger partial charge in [0.25, 0.3) is 5.91 Å². The van der Waals surface area contributed by atoms with Gasteiger partial charge in [0.2, 0.25) is 0 Å². The topological polar surface area (TPSA) is 91.7 Å². The quantitative estimate of drug-likeness (QED) is 0.747. The first-order chi connectivity index (χ1) is 14.1. The van der Waals surface area contributed by atoms with Crippen LogP contribution in [-0.2, 0) is 38.4 Å². The average molecular weight is 405 g/mol. The van der Waals surface area contributed by atoms with Crippen LogP contribution in [0.3, 0.4) is 0 Å². The third-order valence-corrected chi connectivity index (χ3v) is 6.52. The number of hydrogen-bond acceptors (Lipinski definition) is 6. The molecule has 0 aliphatic carbocycles. The molecule has 1 N–H and O–H groups in total. The van der Waals surface area contributed by atoms with E-state index < -0.39 is 0 Å². The Kier molecular flexibility index (Phi) is 6.20. The number of ether oxygens (including phenoxy) is 3. The fourth-order valence-corrected chi connectivity index (χ4v) is 4.66. The highest BCUT2D eigenvalue weighted by Gasteiger charge is 2.39. The Balaban J connectivity index is 1.49. The van der Waals surface area contributed by atoms with E-state index in [9.17, 15) is 9.59 Å². The molecule has 3 aliphatic rings. The lowest BCUT2D eigenvalue weighted by Crippen LogP contribution is -2.40. The zero-order valence-corrected chi connectivity index (χ0v) is 17.2. The number of carbonyl (C=O) groups is 2. The fourth-order valence-electron chi connectivity index (χ4n) is 4.66. The van der Waals surface area contributed by atoms with Crippen LogP contribution in [0.1, 0.15) is 54.4 Å². The molecule has 160 valence electrons. The summed E-state index contributed by atoms with van der Waals surface area (Å²) < 4.78 is 18.2. The number of aromatic nitrogens is 2. The van der Waals surface area contributed by atoms with E-state index in [4.69, 9.17) is 19.3 Å². The molecule has 1 spiro atoms. The van der Waals surface area contributed by atoms with E-state index in [1.165, 1.54) is 0 Å². The van der Waals surface area contributed by atoms with Crippen molar-refractivity contribution in [3.05, 3.63) is 17.0 Å². The summed E-state index contributed by atoms with van der Waals surface area (Å²) in [6.07, 6.45) is 4.66. The van der Waals surface area contributed by atoms with Crippen LogP contribution in [0.5, 0.6) is 0 Å². The second-order valence-electron chi connectivity index (χ2n) is 8.37. The molecule has 0 aromatic carbocycles. The predicted octanol–water partition coefficient (Wildman–Crippen LogP) is 1.50. The maximum absolute atomic E-state index is 12.8. The molecule has 1 aromatic heterocycles. The number of rotatable bonds is 5. The molecule has 0 unspecified atom stereocenters. The molecule has 8 heteroatoms. The van der Waals surface area contributed by atoms with Crippen molar-refractivity contribution in [2.75, 3.05) is 39.6 Å². The van der Waals surface area contributed by atoms with Gasteiger partial charge in [0.05, 0.1) is 18.2 Å². The lowest BCUT2D eigenvalue weighted by atomic mass is 9.75. The smallest absolute Gasteiger partial charge is 0.309 e. The molecule has 2 saturated heterocycles. The molecule has 29 heavy (non-hydrogen) atoms. The van der Waals surface area contributed by atoms with Crippen molar-refractivity contribution in [2.45, 2.75) is 52.0 Å². The highest BCUT2D eigenvalue weighted by Crippen LogP contribution is 2.37. The summed E-state index contributed by atoms with van der Waals surface area (Å²) >= 11 is 0. The van der Waals surface area contributed by atoms with Crippen molar-refractivity contribution >= 4 is 11.9 Å². The second-order valence-corrected chi connectivity index (χ2v) is 8.37. The largest absolute Gasteiger partial charge is 0.465 e. The van der Waals surface area contributed by atoms with Crippen molar-refractivity contribution in [1.29, 1.82) is 0 Å². The van der Waals surface area contributed by atoms with Gasteiger partial charge in [-0.05, 0) is 44.4 Å². The number of carbonyl (C=O) groups excluding carboxylic acids is 2. The Morgan fingerprint density at radius 2 is 1.97 bits per heavy atom. The molecule has 1 aromatic rings. The molecule has 3 aliphatic heterocycles. The van der Waals surface area contributed by atoms with Crippen LogP contribution in [-0.4, -0.2) is 61.2 Å². The van der Waals surface area contributed by atoms with E-state index in [0.29, 0.717) is 45.0 Å². The third kappa shape index (κ3) is 4.33. The minimum atomic E-state index is -0.145. The normalized spacial score (nSPS) is 22.0. The van der Waals surface area contributed by atoms with Crippen molar-refractivity contribution in [3.8, 4) is 0 Å². The summed E-state index contributed by atoms with van der Waals surface area (Å²) in [5.41, 5.74) is 2.59. The second kappa shape index (κ2) is 8.83. The molecule has 4 rings (SSSR count). The Morgan fingerprint density at radius 3 is 2.69 bits per heavy atom. The van der Waals surface area contributed by atoms with Crippen LogP contribution < -0.4 is 5.32 Å². The van der Waals surface area contributed by atoms with Gasteiger partial charge in [-0.2, -0.15) is 5.10 Å². The molecule has 1 amide bonds. The SMILES string of the molecule is CCn1nc(CCOC(=O)C2CCOCC2)c2c1C(=O)NCC1(CCOCC1)C2. The number of nitrogens with zero attached hydrogens (tertiary/aromatic N) is 2. The summed E-state index contributed by atoms with van der Waals surface area (Å²) in [4.78, 5) is 25.1. The maximum atomic E-state index is 12.8. The van der Waals surface area contributed by atoms with Gasteiger partial charge in [-0.15, -0.1) is 0 Å². The van der Waals surface area contributed by atoms with E-state index in [-0.39, 0.29) is 23.2 Å². The summed E-state index contributed by atoms with van der Waals surface area (Å²) in [5.74, 6) is -0.263. The lowest BCUT2D eigenvalue weighted by molar-refractivity contribution is -0.151. The van der Waals surface area contributed by atoms with Crippen LogP contribution >= 0.6 is 0 Å². The van der Waals surface area contributed by atoms with Crippen LogP contribution in [0, 0.1) is 11.3 Å². The first kappa shape index (κ1) is 20.3. The molecule has 4 heterocycles. The Morgan fingerprint density at radius 1 is 1.24 bits per heavy atom. The van der Waals surface area contributed by atoms with Gasteiger partial charge < -0.3 is 19.5 Å². The lowest BCUT2D eigenvalue weighted by Gasteiger charge is -2.36. The average Bonchev–Trinajstić information content (AvgIpc) is 3.03. The molecule has 8 nitrogen and oxygen atoms in total. The standard InChI is InChI=1S/C21H31N3O5/c1-2-24-18-16(13-21(14-22-19(18)25)6-11-28-12-7-21)17(23-24)5-10-29-20(26)15-3-8-27-9-4-15/h15H,2-14H2,1H3,(H,22,25). The summed E-state index contributed by atoms with van der Waals surface area (Å²) in [6, 6.07) is 0. The van der Waals surface area contributed by atoms with E-state index in [2.05, 4.69) is 5.32 Å². The number of hydrogen-bond donors (Lipinski definition) is 1. The molecule has 0 saturated carbocycles. The van der Waals surface area contributed by atoms with Crippen LogP contribution in [0.15, 0.2) is 0 Å². The molecule has 0 radical (unpaired) electrons. The van der Waals surface area contributed by atoms with Gasteiger partial charge in [0.1, 0.15) is 5.69 Å². The Bertz CT molecular complexity index is 748. The number of nitrogens with one attached hydrogen (secondary N) is 1. The molecule has 2 fully saturated rings. The predicted molar refractivity (Wildman–Crippen MR) is 105 cm³/mol. The zero-order chi connectivity index (χ0) is 20.3. The van der Waals surface area contributed by atoms with Crippen molar-refractivity contribution < 1.29 is 23.8 Å². The fraction of sp³-hybridized carbons (Fsp3) is 0.762. The van der Waals surface area contributed by atoms with Gasteiger partial charge in [-0.3, -0.25) is 14.3 Å². The van der Waals surface area contributed by atoms with Crippen LogP contribution in [0.4, 0.5) is 0 Å². The minimum absolute atomic E-state index is 0.0221. The van der Waals surface area contributed by atoms with Crippen molar-refractivity contribution in [3.63, 3.8) is 0 Å². The van der Waals surface area contributed by atoms with Gasteiger partial charge >= 0.3 is 5.97 Å². The van der Waals surface area contributed by atoms with Crippen LogP contribution in [0.2, 0.25) is 0 Å².